The zero-order valence-corrected chi connectivity index (χ0v) is 15.6. The summed E-state index contributed by atoms with van der Waals surface area (Å²) in [7, 11) is 0. The lowest BCUT2D eigenvalue weighted by molar-refractivity contribution is 0.0535. The van der Waals surface area contributed by atoms with E-state index >= 15 is 0 Å². The van der Waals surface area contributed by atoms with Crippen molar-refractivity contribution >= 4 is 5.97 Å². The van der Waals surface area contributed by atoms with Crippen LogP contribution in [0.2, 0.25) is 0 Å². The first-order valence-corrected chi connectivity index (χ1v) is 9.49. The van der Waals surface area contributed by atoms with Crippen molar-refractivity contribution < 1.29 is 14.6 Å². The number of likely N-dealkylation sites (tertiary alicyclic amines) is 1. The first kappa shape index (κ1) is 18.2. The standard InChI is InChI=1S/C22H26N2O3/c1-15-17(7-8-18-19(15)12-27-21(18)26)20(25)11-24-10-9-22(13-23,14-24)16-5-3-2-4-6-16/h2-8,20,25H,9-14,23H2,1H3/t20-,22?/m0/s1. The average Bonchev–Trinajstić information content (AvgIpc) is 3.28. The van der Waals surface area contributed by atoms with E-state index in [1.807, 2.05) is 19.1 Å². The van der Waals surface area contributed by atoms with Crippen molar-refractivity contribution in [2.75, 3.05) is 26.2 Å². The highest BCUT2D eigenvalue weighted by Crippen LogP contribution is 2.35. The Kier molecular flexibility index (Phi) is 4.76. The van der Waals surface area contributed by atoms with E-state index in [2.05, 4.69) is 29.2 Å². The Morgan fingerprint density at radius 3 is 2.78 bits per heavy atom. The Morgan fingerprint density at radius 2 is 2.04 bits per heavy atom. The molecule has 0 saturated carbocycles. The van der Waals surface area contributed by atoms with E-state index in [1.165, 1.54) is 5.56 Å². The number of ether oxygens (including phenoxy) is 1. The predicted molar refractivity (Wildman–Crippen MR) is 103 cm³/mol. The van der Waals surface area contributed by atoms with Crippen LogP contribution in [0.3, 0.4) is 0 Å². The zero-order valence-electron chi connectivity index (χ0n) is 15.6. The molecule has 0 amide bonds. The molecule has 0 radical (unpaired) electrons. The van der Waals surface area contributed by atoms with E-state index in [4.69, 9.17) is 10.5 Å². The Labute approximate surface area is 159 Å². The molecule has 2 aliphatic heterocycles. The van der Waals surface area contributed by atoms with Gasteiger partial charge in [0.25, 0.3) is 0 Å². The SMILES string of the molecule is Cc1c([C@@H](O)CN2CCC(CN)(c3ccccc3)C2)ccc2c1COC2=O. The normalized spacial score (nSPS) is 23.3. The molecule has 3 N–H and O–H groups in total. The molecule has 2 atom stereocenters. The van der Waals surface area contributed by atoms with Crippen LogP contribution in [0.5, 0.6) is 0 Å². The minimum Gasteiger partial charge on any atom is -0.457 e. The molecule has 0 bridgehead atoms. The van der Waals surface area contributed by atoms with E-state index < -0.39 is 6.10 Å². The number of esters is 1. The van der Waals surface area contributed by atoms with Gasteiger partial charge in [-0.25, -0.2) is 4.79 Å². The van der Waals surface area contributed by atoms with E-state index in [1.54, 1.807) is 6.07 Å². The van der Waals surface area contributed by atoms with Gasteiger partial charge < -0.3 is 15.6 Å². The topological polar surface area (TPSA) is 75.8 Å². The van der Waals surface area contributed by atoms with E-state index in [9.17, 15) is 9.90 Å². The molecule has 2 aliphatic rings. The summed E-state index contributed by atoms with van der Waals surface area (Å²) in [5.74, 6) is -0.274. The second kappa shape index (κ2) is 7.08. The Balaban J connectivity index is 1.50. The molecule has 0 aromatic heterocycles. The monoisotopic (exact) mass is 366 g/mol. The van der Waals surface area contributed by atoms with Gasteiger partial charge in [0.2, 0.25) is 0 Å². The van der Waals surface area contributed by atoms with Crippen molar-refractivity contribution in [1.82, 2.24) is 4.90 Å². The minimum atomic E-state index is -0.602. The Hall–Kier alpha value is -2.21. The highest BCUT2D eigenvalue weighted by Gasteiger charge is 2.39. The lowest BCUT2D eigenvalue weighted by atomic mass is 9.80. The third-order valence-electron chi connectivity index (χ3n) is 6.21. The third kappa shape index (κ3) is 3.16. The van der Waals surface area contributed by atoms with Crippen LogP contribution in [0, 0.1) is 6.92 Å². The average molecular weight is 366 g/mol. The second-order valence-corrected chi connectivity index (χ2v) is 7.73. The van der Waals surface area contributed by atoms with Gasteiger partial charge in [-0.05, 0) is 42.6 Å². The van der Waals surface area contributed by atoms with Crippen molar-refractivity contribution in [3.05, 3.63) is 70.3 Å². The smallest absolute Gasteiger partial charge is 0.338 e. The van der Waals surface area contributed by atoms with Crippen molar-refractivity contribution in [3.63, 3.8) is 0 Å². The van der Waals surface area contributed by atoms with Gasteiger partial charge in [-0.3, -0.25) is 4.90 Å². The molecule has 5 heteroatoms. The van der Waals surface area contributed by atoms with Gasteiger partial charge in [0.05, 0.1) is 11.7 Å². The van der Waals surface area contributed by atoms with Gasteiger partial charge in [-0.2, -0.15) is 0 Å². The second-order valence-electron chi connectivity index (χ2n) is 7.73. The molecule has 1 unspecified atom stereocenters. The van der Waals surface area contributed by atoms with Crippen molar-refractivity contribution in [2.45, 2.75) is 31.5 Å². The lowest BCUT2D eigenvalue weighted by Gasteiger charge is -2.29. The van der Waals surface area contributed by atoms with Crippen LogP contribution in [-0.2, 0) is 16.8 Å². The molecule has 1 saturated heterocycles. The van der Waals surface area contributed by atoms with Gasteiger partial charge in [0.15, 0.2) is 0 Å². The van der Waals surface area contributed by atoms with E-state index in [-0.39, 0.29) is 11.4 Å². The number of aliphatic hydroxyl groups is 1. The third-order valence-corrected chi connectivity index (χ3v) is 6.21. The summed E-state index contributed by atoms with van der Waals surface area (Å²) < 4.78 is 5.12. The number of β-amino-alcohol motifs (C(OH)–C–C–N with tert-alkyl or cyclic N) is 1. The Bertz CT molecular complexity index is 852. The van der Waals surface area contributed by atoms with Crippen LogP contribution in [-0.4, -0.2) is 42.2 Å². The molecule has 0 spiro atoms. The molecule has 0 aliphatic carbocycles. The number of rotatable bonds is 5. The molecule has 142 valence electrons. The minimum absolute atomic E-state index is 0.0474. The zero-order chi connectivity index (χ0) is 19.0. The Morgan fingerprint density at radius 1 is 1.26 bits per heavy atom. The summed E-state index contributed by atoms with van der Waals surface area (Å²) in [6, 6.07) is 14.1. The van der Waals surface area contributed by atoms with E-state index in [0.29, 0.717) is 25.3 Å². The summed E-state index contributed by atoms with van der Waals surface area (Å²) in [6.07, 6.45) is 0.390. The van der Waals surface area contributed by atoms with Crippen LogP contribution in [0.4, 0.5) is 0 Å². The summed E-state index contributed by atoms with van der Waals surface area (Å²) in [5, 5.41) is 10.9. The highest BCUT2D eigenvalue weighted by molar-refractivity contribution is 5.93. The van der Waals surface area contributed by atoms with Crippen LogP contribution in [0.1, 0.15) is 45.1 Å². The fourth-order valence-corrected chi connectivity index (χ4v) is 4.50. The number of carbonyl (C=O) groups excluding carboxylic acids is 1. The number of nitrogens with zero attached hydrogens (tertiary/aromatic N) is 1. The quantitative estimate of drug-likeness (QED) is 0.794. The molecular formula is C22H26N2O3. The van der Waals surface area contributed by atoms with Crippen LogP contribution in [0.25, 0.3) is 0 Å². The lowest BCUT2D eigenvalue weighted by Crippen LogP contribution is -2.39. The molecule has 4 rings (SSSR count). The predicted octanol–water partition coefficient (Wildman–Crippen LogP) is 2.30. The number of fused-ring (bicyclic) bond motifs is 1. The summed E-state index contributed by atoms with van der Waals surface area (Å²) in [4.78, 5) is 14.0. The maximum atomic E-state index is 11.7. The van der Waals surface area contributed by atoms with Crippen molar-refractivity contribution in [1.29, 1.82) is 0 Å². The number of hydrogen-bond acceptors (Lipinski definition) is 5. The fraction of sp³-hybridized carbons (Fsp3) is 0.409. The van der Waals surface area contributed by atoms with Crippen LogP contribution in [0.15, 0.2) is 42.5 Å². The number of aliphatic hydroxyl groups excluding tert-OH is 1. The number of nitrogens with two attached hydrogens (primary N) is 1. The first-order chi connectivity index (χ1) is 13.0. The molecular weight excluding hydrogens is 340 g/mol. The summed E-state index contributed by atoms with van der Waals surface area (Å²) in [6.45, 7) is 5.17. The molecule has 2 heterocycles. The largest absolute Gasteiger partial charge is 0.457 e. The van der Waals surface area contributed by atoms with Gasteiger partial charge >= 0.3 is 5.97 Å². The summed E-state index contributed by atoms with van der Waals surface area (Å²) in [5.41, 5.74) is 10.7. The van der Waals surface area contributed by atoms with Crippen molar-refractivity contribution in [2.24, 2.45) is 5.73 Å². The summed E-state index contributed by atoms with van der Waals surface area (Å²) >= 11 is 0. The van der Waals surface area contributed by atoms with E-state index in [0.717, 1.165) is 36.2 Å². The molecule has 1 fully saturated rings. The first-order valence-electron chi connectivity index (χ1n) is 9.49. The van der Waals surface area contributed by atoms with Crippen LogP contribution < -0.4 is 5.73 Å². The molecule has 5 nitrogen and oxygen atoms in total. The maximum Gasteiger partial charge on any atom is 0.338 e. The maximum absolute atomic E-state index is 11.7. The highest BCUT2D eigenvalue weighted by atomic mass is 16.5. The van der Waals surface area contributed by atoms with Gasteiger partial charge in [0, 0.05) is 30.6 Å². The van der Waals surface area contributed by atoms with Gasteiger partial charge in [0.1, 0.15) is 6.61 Å². The molecule has 2 aromatic rings. The van der Waals surface area contributed by atoms with Gasteiger partial charge in [-0.15, -0.1) is 0 Å². The molecule has 2 aromatic carbocycles. The number of carbonyl (C=O) groups is 1. The number of hydrogen-bond donors (Lipinski definition) is 2. The van der Waals surface area contributed by atoms with Gasteiger partial charge in [-0.1, -0.05) is 36.4 Å². The number of benzene rings is 2. The molecule has 27 heavy (non-hydrogen) atoms. The van der Waals surface area contributed by atoms with Crippen LogP contribution >= 0.6 is 0 Å². The van der Waals surface area contributed by atoms with Crippen molar-refractivity contribution in [3.8, 4) is 0 Å². The number of cyclic esters (lactones) is 1. The fourth-order valence-electron chi connectivity index (χ4n) is 4.50.